The molecule has 0 aliphatic heterocycles. The van der Waals surface area contributed by atoms with Crippen molar-refractivity contribution in [1.82, 2.24) is 4.90 Å². The number of methoxy groups -OCH3 is 2. The predicted octanol–water partition coefficient (Wildman–Crippen LogP) is 2.04. The van der Waals surface area contributed by atoms with Gasteiger partial charge in [-0.25, -0.2) is 0 Å². The summed E-state index contributed by atoms with van der Waals surface area (Å²) in [6.07, 6.45) is 0. The molecule has 5 nitrogen and oxygen atoms in total. The molecular weight excluding hydrogens is 268 g/mol. The molecular formula is C16H26N2O3. The number of benzene rings is 1. The van der Waals surface area contributed by atoms with Gasteiger partial charge >= 0.3 is 0 Å². The lowest BCUT2D eigenvalue weighted by Gasteiger charge is -2.30. The minimum Gasteiger partial charge on any atom is -0.497 e. The Kier molecular flexibility index (Phi) is 5.61. The van der Waals surface area contributed by atoms with Gasteiger partial charge in [0.15, 0.2) is 0 Å². The molecule has 0 unspecified atom stereocenters. The first kappa shape index (κ1) is 17.3. The zero-order valence-electron chi connectivity index (χ0n) is 13.8. The molecule has 2 N–H and O–H groups in total. The second-order valence-electron chi connectivity index (χ2n) is 6.22. The first-order valence-corrected chi connectivity index (χ1v) is 6.92. The Morgan fingerprint density at radius 2 is 1.90 bits per heavy atom. The number of carbonyl (C=O) groups is 1. The summed E-state index contributed by atoms with van der Waals surface area (Å²) in [5.41, 5.74) is 6.64. The molecule has 0 radical (unpaired) electrons. The molecule has 0 heterocycles. The number of hydrogen-bond acceptors (Lipinski definition) is 4. The molecule has 0 aromatic heterocycles. The first-order valence-electron chi connectivity index (χ1n) is 6.92. The average Bonchev–Trinajstić information content (AvgIpc) is 2.44. The van der Waals surface area contributed by atoms with Crippen molar-refractivity contribution in [3.05, 3.63) is 23.8 Å². The van der Waals surface area contributed by atoms with Crippen molar-refractivity contribution in [2.75, 3.05) is 21.3 Å². The summed E-state index contributed by atoms with van der Waals surface area (Å²) in [5.74, 6) is 1.36. The average molecular weight is 294 g/mol. The third kappa shape index (κ3) is 4.36. The molecule has 0 spiro atoms. The molecule has 1 aromatic carbocycles. The number of rotatable bonds is 5. The topological polar surface area (TPSA) is 64.8 Å². The molecule has 0 fully saturated rings. The SMILES string of the molecule is COc1ccc(OC)c(CN(C)C(=O)[C@@H](N)C(C)(C)C)c1. The zero-order chi connectivity index (χ0) is 16.2. The molecule has 1 amide bonds. The summed E-state index contributed by atoms with van der Waals surface area (Å²) in [5, 5.41) is 0. The van der Waals surface area contributed by atoms with Crippen LogP contribution in [0.2, 0.25) is 0 Å². The fraction of sp³-hybridized carbons (Fsp3) is 0.562. The van der Waals surface area contributed by atoms with E-state index in [1.165, 1.54) is 0 Å². The molecule has 5 heteroatoms. The van der Waals surface area contributed by atoms with Gasteiger partial charge in [-0.2, -0.15) is 0 Å². The Hall–Kier alpha value is -1.75. The predicted molar refractivity (Wildman–Crippen MR) is 83.5 cm³/mol. The Bertz CT molecular complexity index is 495. The van der Waals surface area contributed by atoms with Gasteiger partial charge in [-0.15, -0.1) is 0 Å². The highest BCUT2D eigenvalue weighted by atomic mass is 16.5. The van der Waals surface area contributed by atoms with Crippen LogP contribution < -0.4 is 15.2 Å². The smallest absolute Gasteiger partial charge is 0.240 e. The molecule has 21 heavy (non-hydrogen) atoms. The van der Waals surface area contributed by atoms with Crippen molar-refractivity contribution in [3.8, 4) is 11.5 Å². The molecule has 0 saturated carbocycles. The van der Waals surface area contributed by atoms with Crippen molar-refractivity contribution in [3.63, 3.8) is 0 Å². The largest absolute Gasteiger partial charge is 0.497 e. The second kappa shape index (κ2) is 6.80. The molecule has 1 atom stereocenters. The van der Waals surface area contributed by atoms with E-state index in [1.807, 2.05) is 39.0 Å². The van der Waals surface area contributed by atoms with Gasteiger partial charge in [-0.05, 0) is 23.6 Å². The van der Waals surface area contributed by atoms with E-state index in [0.29, 0.717) is 6.54 Å². The second-order valence-corrected chi connectivity index (χ2v) is 6.22. The van der Waals surface area contributed by atoms with E-state index in [0.717, 1.165) is 17.1 Å². The van der Waals surface area contributed by atoms with E-state index in [2.05, 4.69) is 0 Å². The number of carbonyl (C=O) groups excluding carboxylic acids is 1. The lowest BCUT2D eigenvalue weighted by molar-refractivity contribution is -0.134. The molecule has 0 saturated heterocycles. The minimum absolute atomic E-state index is 0.0904. The number of nitrogens with zero attached hydrogens (tertiary/aromatic N) is 1. The number of amides is 1. The van der Waals surface area contributed by atoms with Crippen LogP contribution in [-0.2, 0) is 11.3 Å². The Balaban J connectivity index is 2.92. The van der Waals surface area contributed by atoms with Crippen LogP contribution >= 0.6 is 0 Å². The number of ether oxygens (including phenoxy) is 2. The summed E-state index contributed by atoms with van der Waals surface area (Å²) >= 11 is 0. The molecule has 1 rings (SSSR count). The number of likely N-dealkylation sites (N-methyl/N-ethyl adjacent to an activating group) is 1. The Morgan fingerprint density at radius 3 is 2.38 bits per heavy atom. The van der Waals surface area contributed by atoms with Crippen LogP contribution in [0, 0.1) is 5.41 Å². The van der Waals surface area contributed by atoms with E-state index < -0.39 is 6.04 Å². The van der Waals surface area contributed by atoms with Gasteiger partial charge in [-0.3, -0.25) is 4.79 Å². The van der Waals surface area contributed by atoms with Gasteiger partial charge < -0.3 is 20.1 Å². The highest BCUT2D eigenvalue weighted by molar-refractivity contribution is 5.82. The van der Waals surface area contributed by atoms with Crippen molar-refractivity contribution in [2.45, 2.75) is 33.4 Å². The highest BCUT2D eigenvalue weighted by Crippen LogP contribution is 2.26. The van der Waals surface area contributed by atoms with Gasteiger partial charge in [0.05, 0.1) is 20.3 Å². The summed E-state index contributed by atoms with van der Waals surface area (Å²) in [6, 6.07) is 4.98. The van der Waals surface area contributed by atoms with Crippen LogP contribution in [0.4, 0.5) is 0 Å². The monoisotopic (exact) mass is 294 g/mol. The number of hydrogen-bond donors (Lipinski definition) is 1. The van der Waals surface area contributed by atoms with Gasteiger partial charge in [0.25, 0.3) is 0 Å². The molecule has 118 valence electrons. The van der Waals surface area contributed by atoms with Crippen molar-refractivity contribution in [1.29, 1.82) is 0 Å². The van der Waals surface area contributed by atoms with Crippen LogP contribution in [0.5, 0.6) is 11.5 Å². The van der Waals surface area contributed by atoms with Crippen LogP contribution in [-0.4, -0.2) is 38.1 Å². The van der Waals surface area contributed by atoms with Crippen molar-refractivity contribution >= 4 is 5.91 Å². The fourth-order valence-electron chi connectivity index (χ4n) is 1.95. The quantitative estimate of drug-likeness (QED) is 0.902. The molecule has 0 bridgehead atoms. The van der Waals surface area contributed by atoms with Crippen LogP contribution in [0.3, 0.4) is 0 Å². The van der Waals surface area contributed by atoms with Gasteiger partial charge in [-0.1, -0.05) is 20.8 Å². The highest BCUT2D eigenvalue weighted by Gasteiger charge is 2.30. The van der Waals surface area contributed by atoms with Gasteiger partial charge in [0.1, 0.15) is 11.5 Å². The first-order chi connectivity index (χ1) is 9.70. The minimum atomic E-state index is -0.542. The van der Waals surface area contributed by atoms with Crippen molar-refractivity contribution in [2.24, 2.45) is 11.1 Å². The van der Waals surface area contributed by atoms with E-state index in [9.17, 15) is 4.79 Å². The van der Waals surface area contributed by atoms with E-state index in [1.54, 1.807) is 26.2 Å². The zero-order valence-corrected chi connectivity index (χ0v) is 13.8. The third-order valence-electron chi connectivity index (χ3n) is 3.47. The van der Waals surface area contributed by atoms with E-state index in [4.69, 9.17) is 15.2 Å². The van der Waals surface area contributed by atoms with Crippen molar-refractivity contribution < 1.29 is 14.3 Å². The lowest BCUT2D eigenvalue weighted by atomic mass is 9.86. The lowest BCUT2D eigenvalue weighted by Crippen LogP contribution is -2.48. The maximum atomic E-state index is 12.4. The normalized spacial score (nSPS) is 12.7. The van der Waals surface area contributed by atoms with Crippen LogP contribution in [0.15, 0.2) is 18.2 Å². The van der Waals surface area contributed by atoms with E-state index in [-0.39, 0.29) is 11.3 Å². The summed E-state index contributed by atoms with van der Waals surface area (Å²) < 4.78 is 10.5. The molecule has 0 aliphatic carbocycles. The molecule has 0 aliphatic rings. The summed E-state index contributed by atoms with van der Waals surface area (Å²) in [6.45, 7) is 6.28. The van der Waals surface area contributed by atoms with Crippen LogP contribution in [0.25, 0.3) is 0 Å². The maximum absolute atomic E-state index is 12.4. The van der Waals surface area contributed by atoms with Crippen LogP contribution in [0.1, 0.15) is 26.3 Å². The third-order valence-corrected chi connectivity index (χ3v) is 3.47. The standard InChI is InChI=1S/C16H26N2O3/c1-16(2,3)14(17)15(19)18(4)10-11-9-12(20-5)7-8-13(11)21-6/h7-9,14H,10,17H2,1-6H3/t14-/m1/s1. The Labute approximate surface area is 127 Å². The Morgan fingerprint density at radius 1 is 1.29 bits per heavy atom. The number of nitrogens with two attached hydrogens (primary N) is 1. The van der Waals surface area contributed by atoms with E-state index >= 15 is 0 Å². The fourth-order valence-corrected chi connectivity index (χ4v) is 1.95. The van der Waals surface area contributed by atoms with Gasteiger partial charge in [0.2, 0.25) is 5.91 Å². The molecule has 1 aromatic rings. The summed E-state index contributed by atoms with van der Waals surface area (Å²) in [4.78, 5) is 14.0. The maximum Gasteiger partial charge on any atom is 0.240 e. The van der Waals surface area contributed by atoms with Gasteiger partial charge in [0, 0.05) is 19.2 Å². The summed E-state index contributed by atoms with van der Waals surface area (Å²) in [7, 11) is 4.96.